The van der Waals surface area contributed by atoms with Crippen LogP contribution in [0.5, 0.6) is 0 Å². The summed E-state index contributed by atoms with van der Waals surface area (Å²) in [5, 5.41) is -0.255. The summed E-state index contributed by atoms with van der Waals surface area (Å²) in [5.41, 5.74) is 5.46. The Balaban J connectivity index is 2.39. The van der Waals surface area contributed by atoms with Crippen LogP contribution < -0.4 is 5.73 Å². The smallest absolute Gasteiger partial charge is 0.324 e. The molecule has 0 amide bonds. The van der Waals surface area contributed by atoms with Gasteiger partial charge in [0.2, 0.25) is 0 Å². The van der Waals surface area contributed by atoms with Gasteiger partial charge in [-0.25, -0.2) is 0 Å². The van der Waals surface area contributed by atoms with Crippen LogP contribution in [0.4, 0.5) is 13.2 Å². The number of nitrogens with two attached hydrogens (primary N) is 1. The summed E-state index contributed by atoms with van der Waals surface area (Å²) in [6.07, 6.45) is -2.49. The van der Waals surface area contributed by atoms with E-state index in [9.17, 15) is 13.2 Å². The van der Waals surface area contributed by atoms with Crippen molar-refractivity contribution in [3.8, 4) is 0 Å². The first-order valence-corrected chi connectivity index (χ1v) is 5.40. The van der Waals surface area contributed by atoms with E-state index in [4.69, 9.17) is 17.3 Å². The SMILES string of the molecule is NC(c1cccc(C(F)(F)F)c1Cl)C1CC1. The van der Waals surface area contributed by atoms with Gasteiger partial charge in [-0.3, -0.25) is 0 Å². The first kappa shape index (κ1) is 11.7. The molecule has 1 saturated carbocycles. The molecule has 1 fully saturated rings. The van der Waals surface area contributed by atoms with Gasteiger partial charge in [0.25, 0.3) is 0 Å². The summed E-state index contributed by atoms with van der Waals surface area (Å²) >= 11 is 5.76. The van der Waals surface area contributed by atoms with Gasteiger partial charge in [0.1, 0.15) is 0 Å². The van der Waals surface area contributed by atoms with E-state index in [1.807, 2.05) is 0 Å². The van der Waals surface area contributed by atoms with E-state index in [0.29, 0.717) is 5.56 Å². The predicted molar refractivity (Wildman–Crippen MR) is 56.1 cm³/mol. The molecule has 1 aromatic carbocycles. The average Bonchev–Trinajstić information content (AvgIpc) is 2.98. The lowest BCUT2D eigenvalue weighted by Crippen LogP contribution is -2.15. The van der Waals surface area contributed by atoms with Gasteiger partial charge in [-0.05, 0) is 30.4 Å². The fourth-order valence-electron chi connectivity index (χ4n) is 1.74. The molecule has 16 heavy (non-hydrogen) atoms. The first-order chi connectivity index (χ1) is 7.41. The Kier molecular flexibility index (Phi) is 2.88. The van der Waals surface area contributed by atoms with E-state index >= 15 is 0 Å². The van der Waals surface area contributed by atoms with Crippen LogP contribution in [0.25, 0.3) is 0 Å². The van der Waals surface area contributed by atoms with E-state index in [0.717, 1.165) is 18.9 Å². The zero-order valence-electron chi connectivity index (χ0n) is 8.39. The molecule has 1 atom stereocenters. The van der Waals surface area contributed by atoms with Gasteiger partial charge >= 0.3 is 6.18 Å². The Morgan fingerprint density at radius 2 is 1.94 bits per heavy atom. The molecule has 1 nitrogen and oxygen atoms in total. The summed E-state index contributed by atoms with van der Waals surface area (Å²) in [6, 6.07) is 3.52. The molecule has 0 spiro atoms. The summed E-state index contributed by atoms with van der Waals surface area (Å²) in [6.45, 7) is 0. The molecule has 0 aromatic heterocycles. The zero-order valence-corrected chi connectivity index (χ0v) is 9.15. The third-order valence-electron chi connectivity index (χ3n) is 2.82. The highest BCUT2D eigenvalue weighted by atomic mass is 35.5. The van der Waals surface area contributed by atoms with Crippen molar-refractivity contribution in [1.82, 2.24) is 0 Å². The molecule has 0 radical (unpaired) electrons. The van der Waals surface area contributed by atoms with Crippen molar-refractivity contribution >= 4 is 11.6 Å². The molecule has 0 bridgehead atoms. The molecule has 1 unspecified atom stereocenters. The number of benzene rings is 1. The van der Waals surface area contributed by atoms with Gasteiger partial charge in [0.05, 0.1) is 10.6 Å². The Bertz CT molecular complexity index is 399. The van der Waals surface area contributed by atoms with Crippen molar-refractivity contribution in [3.63, 3.8) is 0 Å². The quantitative estimate of drug-likeness (QED) is 0.848. The highest BCUT2D eigenvalue weighted by Crippen LogP contribution is 2.44. The third-order valence-corrected chi connectivity index (χ3v) is 3.24. The summed E-state index contributed by atoms with van der Waals surface area (Å²) in [7, 11) is 0. The Hall–Kier alpha value is -0.740. The molecule has 1 aliphatic carbocycles. The highest BCUT2D eigenvalue weighted by Gasteiger charge is 2.36. The van der Waals surface area contributed by atoms with E-state index in [1.54, 1.807) is 6.07 Å². The van der Waals surface area contributed by atoms with Crippen LogP contribution in [0.2, 0.25) is 5.02 Å². The van der Waals surface area contributed by atoms with E-state index in [1.165, 1.54) is 6.07 Å². The fourth-order valence-corrected chi connectivity index (χ4v) is 2.09. The number of halogens is 4. The van der Waals surface area contributed by atoms with Gasteiger partial charge in [0, 0.05) is 6.04 Å². The minimum atomic E-state index is -4.42. The maximum atomic E-state index is 12.6. The van der Waals surface area contributed by atoms with Gasteiger partial charge in [-0.1, -0.05) is 23.7 Å². The third kappa shape index (κ3) is 2.18. The van der Waals surface area contributed by atoms with Crippen LogP contribution in [0.3, 0.4) is 0 Å². The number of hydrogen-bond acceptors (Lipinski definition) is 1. The van der Waals surface area contributed by atoms with Gasteiger partial charge in [-0.2, -0.15) is 13.2 Å². The summed E-state index contributed by atoms with van der Waals surface area (Å²) < 4.78 is 37.8. The molecule has 0 saturated heterocycles. The molecule has 0 aliphatic heterocycles. The molecule has 5 heteroatoms. The molecular formula is C11H11ClF3N. The lowest BCUT2D eigenvalue weighted by Gasteiger charge is -2.16. The number of rotatable bonds is 2. The predicted octanol–water partition coefficient (Wildman–Crippen LogP) is 3.77. The van der Waals surface area contributed by atoms with Crippen molar-refractivity contribution in [1.29, 1.82) is 0 Å². The minimum Gasteiger partial charge on any atom is -0.324 e. The van der Waals surface area contributed by atoms with E-state index < -0.39 is 11.7 Å². The second-order valence-electron chi connectivity index (χ2n) is 4.07. The second kappa shape index (κ2) is 3.93. The largest absolute Gasteiger partial charge is 0.417 e. The summed E-state index contributed by atoms with van der Waals surface area (Å²) in [5.74, 6) is 0.279. The second-order valence-corrected chi connectivity index (χ2v) is 4.45. The molecule has 1 aromatic rings. The normalized spacial score (nSPS) is 18.6. The average molecular weight is 250 g/mol. The fraction of sp³-hybridized carbons (Fsp3) is 0.455. The lowest BCUT2D eigenvalue weighted by atomic mass is 10.0. The van der Waals surface area contributed by atoms with Gasteiger partial charge in [0.15, 0.2) is 0 Å². The highest BCUT2D eigenvalue weighted by molar-refractivity contribution is 6.32. The van der Waals surface area contributed by atoms with Crippen molar-refractivity contribution in [3.05, 3.63) is 34.3 Å². The van der Waals surface area contributed by atoms with Crippen LogP contribution in [0.15, 0.2) is 18.2 Å². The van der Waals surface area contributed by atoms with Crippen molar-refractivity contribution < 1.29 is 13.2 Å². The molecule has 0 heterocycles. The molecular weight excluding hydrogens is 239 g/mol. The lowest BCUT2D eigenvalue weighted by molar-refractivity contribution is -0.137. The van der Waals surface area contributed by atoms with Gasteiger partial charge < -0.3 is 5.73 Å². The molecule has 1 aliphatic rings. The van der Waals surface area contributed by atoms with Crippen LogP contribution in [0.1, 0.15) is 30.0 Å². The zero-order chi connectivity index (χ0) is 11.9. The maximum absolute atomic E-state index is 12.6. The van der Waals surface area contributed by atoms with Crippen LogP contribution in [-0.4, -0.2) is 0 Å². The van der Waals surface area contributed by atoms with Crippen molar-refractivity contribution in [2.24, 2.45) is 11.7 Å². The van der Waals surface area contributed by atoms with Crippen molar-refractivity contribution in [2.75, 3.05) is 0 Å². The minimum absolute atomic E-state index is 0.255. The number of alkyl halides is 3. The van der Waals surface area contributed by atoms with Crippen LogP contribution >= 0.6 is 11.6 Å². The topological polar surface area (TPSA) is 26.0 Å². The Labute approximate surface area is 96.4 Å². The monoisotopic (exact) mass is 249 g/mol. The molecule has 88 valence electrons. The summed E-state index contributed by atoms with van der Waals surface area (Å²) in [4.78, 5) is 0. The molecule has 2 N–H and O–H groups in total. The first-order valence-electron chi connectivity index (χ1n) is 5.02. The Morgan fingerprint density at radius 3 is 2.44 bits per heavy atom. The van der Waals surface area contributed by atoms with Crippen molar-refractivity contribution in [2.45, 2.75) is 25.1 Å². The van der Waals surface area contributed by atoms with Crippen LogP contribution in [0, 0.1) is 5.92 Å². The Morgan fingerprint density at radius 1 is 1.31 bits per heavy atom. The van der Waals surface area contributed by atoms with E-state index in [2.05, 4.69) is 0 Å². The molecule has 2 rings (SSSR count). The number of hydrogen-bond donors (Lipinski definition) is 1. The maximum Gasteiger partial charge on any atom is 0.417 e. The van der Waals surface area contributed by atoms with Gasteiger partial charge in [-0.15, -0.1) is 0 Å². The standard InChI is InChI=1S/C11H11ClF3N/c12-9-7(10(16)6-4-5-6)2-1-3-8(9)11(13,14)15/h1-3,6,10H,4-5,16H2. The van der Waals surface area contributed by atoms with Crippen LogP contribution in [-0.2, 0) is 6.18 Å². The van der Waals surface area contributed by atoms with E-state index in [-0.39, 0.29) is 17.0 Å².